The number of benzene rings is 1. The van der Waals surface area contributed by atoms with Gasteiger partial charge in [-0.1, -0.05) is 122 Å². The largest absolute Gasteiger partial charge is 0.487 e. The second-order valence-electron chi connectivity index (χ2n) is 19.1. The molecule has 1 aliphatic heterocycles. The molecule has 1 unspecified atom stereocenters. The first-order chi connectivity index (χ1) is 27.4. The van der Waals surface area contributed by atoms with Crippen molar-refractivity contribution >= 4 is 18.2 Å². The molecule has 0 N–H and O–H groups in total. The van der Waals surface area contributed by atoms with E-state index >= 15 is 0 Å². The number of esters is 2. The highest BCUT2D eigenvalue weighted by molar-refractivity contribution is 5.74. The first kappa shape index (κ1) is 48.7. The number of hydrogen-bond acceptors (Lipinski definition) is 6. The molecule has 1 aromatic carbocycles. The van der Waals surface area contributed by atoms with Crippen LogP contribution in [0.5, 0.6) is 11.5 Å². The lowest BCUT2D eigenvalue weighted by atomic mass is 9.71. The zero-order valence-corrected chi connectivity index (χ0v) is 38.3. The summed E-state index contributed by atoms with van der Waals surface area (Å²) in [6, 6.07) is 3.85. The number of ether oxygens (including phenoxy) is 3. The van der Waals surface area contributed by atoms with Gasteiger partial charge in [0.05, 0.1) is 0 Å². The second-order valence-corrected chi connectivity index (χ2v) is 19.1. The van der Waals surface area contributed by atoms with E-state index in [-0.39, 0.29) is 41.9 Å². The van der Waals surface area contributed by atoms with Gasteiger partial charge in [0.15, 0.2) is 0 Å². The van der Waals surface area contributed by atoms with E-state index in [4.69, 9.17) is 14.2 Å². The molecule has 1 aromatic rings. The first-order valence-corrected chi connectivity index (χ1v) is 22.5. The van der Waals surface area contributed by atoms with Gasteiger partial charge in [-0.05, 0) is 149 Å². The van der Waals surface area contributed by atoms with E-state index in [1.165, 1.54) is 63.0 Å². The molecule has 0 bridgehead atoms. The quantitative estimate of drug-likeness (QED) is 0.0361. The average molecular weight is 799 g/mol. The minimum atomic E-state index is -0.348. The molecule has 4 atom stereocenters. The van der Waals surface area contributed by atoms with Crippen LogP contribution in [-0.2, 0) is 25.5 Å². The summed E-state index contributed by atoms with van der Waals surface area (Å²) in [6.45, 7) is 24.2. The van der Waals surface area contributed by atoms with Crippen LogP contribution in [0.25, 0.3) is 0 Å². The normalized spacial score (nSPS) is 20.9. The molecule has 0 saturated carbocycles. The maximum absolute atomic E-state index is 12.9. The Morgan fingerprint density at radius 2 is 1.47 bits per heavy atom. The van der Waals surface area contributed by atoms with Crippen molar-refractivity contribution in [2.45, 2.75) is 191 Å². The van der Waals surface area contributed by atoms with Gasteiger partial charge in [-0.2, -0.15) is 0 Å². The molecular weight excluding hydrogens is 721 g/mol. The van der Waals surface area contributed by atoms with Gasteiger partial charge >= 0.3 is 11.9 Å². The van der Waals surface area contributed by atoms with Gasteiger partial charge < -0.3 is 14.2 Å². The van der Waals surface area contributed by atoms with E-state index in [1.54, 1.807) is 0 Å². The van der Waals surface area contributed by atoms with E-state index in [2.05, 4.69) is 67.5 Å². The monoisotopic (exact) mass is 799 g/mol. The minimum absolute atomic E-state index is 0.0447. The molecule has 0 radical (unpaired) electrons. The van der Waals surface area contributed by atoms with Crippen molar-refractivity contribution in [3.05, 3.63) is 82.0 Å². The van der Waals surface area contributed by atoms with Gasteiger partial charge in [0.1, 0.15) is 29.5 Å². The number of carbonyl (C=O) groups is 3. The second kappa shape index (κ2) is 23.8. The average Bonchev–Trinajstić information content (AvgIpc) is 3.13. The predicted octanol–water partition coefficient (Wildman–Crippen LogP) is 13.8. The molecule has 2 aliphatic rings. The molecule has 1 heterocycles. The van der Waals surface area contributed by atoms with Gasteiger partial charge in [0, 0.05) is 12.8 Å². The number of aldehydes is 1. The van der Waals surface area contributed by atoms with Crippen LogP contribution in [0, 0.1) is 30.1 Å². The fourth-order valence-corrected chi connectivity index (χ4v) is 8.49. The summed E-state index contributed by atoms with van der Waals surface area (Å²) in [5.74, 6) is 3.23. The van der Waals surface area contributed by atoms with Crippen molar-refractivity contribution in [2.75, 3.05) is 0 Å². The van der Waals surface area contributed by atoms with Crippen LogP contribution < -0.4 is 9.47 Å². The summed E-state index contributed by atoms with van der Waals surface area (Å²) in [5, 5.41) is 0. The molecule has 0 aromatic heterocycles. The zero-order chi connectivity index (χ0) is 42.9. The van der Waals surface area contributed by atoms with Gasteiger partial charge in [0.2, 0.25) is 0 Å². The Balaban J connectivity index is 1.43. The van der Waals surface area contributed by atoms with Gasteiger partial charge in [-0.3, -0.25) is 14.4 Å². The molecule has 58 heavy (non-hydrogen) atoms. The van der Waals surface area contributed by atoms with E-state index in [0.717, 1.165) is 89.7 Å². The standard InChI is InChI=1S/C52H78O6/c1-37(2)17-12-18-38(3)19-13-20-39(4)23-16-31-52(11)33-28-44-36-45(35-42(7)50(44)58-52)56-48(54)24-15-25-49(55)57-47-29-32-51(9,10)46(43(47)8)27-26-40(5)21-14-22-41(6)30-34-53/h14,21-22,26-27,30,34-39,47H,12-13,15-20,23-25,28-29,31-33H2,1-11H3/t38-,39-,47?,52-/m0/s1. The van der Waals surface area contributed by atoms with Gasteiger partial charge in [0.25, 0.3) is 0 Å². The van der Waals surface area contributed by atoms with Crippen molar-refractivity contribution in [2.24, 2.45) is 23.2 Å². The minimum Gasteiger partial charge on any atom is -0.487 e. The molecule has 0 amide bonds. The molecule has 1 aliphatic carbocycles. The topological polar surface area (TPSA) is 78.9 Å². The molecule has 0 fully saturated rings. The number of fused-ring (bicyclic) bond motifs is 1. The SMILES string of the molecule is CC(C=CC=C(C)C=CC1=C(C)C(OC(=O)CCCC(=O)Oc2cc(C)c3c(c2)CC[C@](C)(CCC[C@@H](C)CCC[C@@H](C)CCCC(C)C)O3)CCC1(C)C)=CC=O. The molecule has 0 spiro atoms. The van der Waals surface area contributed by atoms with Gasteiger partial charge in [-0.15, -0.1) is 0 Å². The van der Waals surface area contributed by atoms with Crippen molar-refractivity contribution < 1.29 is 28.6 Å². The summed E-state index contributed by atoms with van der Waals surface area (Å²) in [5.41, 5.74) is 6.06. The first-order valence-electron chi connectivity index (χ1n) is 22.5. The Labute approximate surface area is 353 Å². The third-order valence-electron chi connectivity index (χ3n) is 12.4. The lowest BCUT2D eigenvalue weighted by Crippen LogP contribution is -2.36. The number of hydrogen-bond donors (Lipinski definition) is 0. The Morgan fingerprint density at radius 3 is 2.14 bits per heavy atom. The Bertz CT molecular complexity index is 1670. The maximum Gasteiger partial charge on any atom is 0.311 e. The fourth-order valence-electron chi connectivity index (χ4n) is 8.49. The van der Waals surface area contributed by atoms with Crippen molar-refractivity contribution in [1.29, 1.82) is 0 Å². The van der Waals surface area contributed by atoms with E-state index < -0.39 is 0 Å². The van der Waals surface area contributed by atoms with Crippen LogP contribution in [-0.4, -0.2) is 29.9 Å². The number of allylic oxidation sites excluding steroid dienone is 9. The van der Waals surface area contributed by atoms with Crippen molar-refractivity contribution in [3.8, 4) is 11.5 Å². The highest BCUT2D eigenvalue weighted by Crippen LogP contribution is 2.43. The van der Waals surface area contributed by atoms with Crippen molar-refractivity contribution in [3.63, 3.8) is 0 Å². The third-order valence-corrected chi connectivity index (χ3v) is 12.4. The molecule has 6 heteroatoms. The van der Waals surface area contributed by atoms with Crippen LogP contribution in [0.3, 0.4) is 0 Å². The Hall–Kier alpha value is -3.67. The molecule has 6 nitrogen and oxygen atoms in total. The number of carbonyl (C=O) groups excluding carboxylic acids is 3. The summed E-state index contributed by atoms with van der Waals surface area (Å²) < 4.78 is 18.4. The van der Waals surface area contributed by atoms with Crippen LogP contribution in [0.15, 0.2) is 70.9 Å². The highest BCUT2D eigenvalue weighted by atomic mass is 16.5. The summed E-state index contributed by atoms with van der Waals surface area (Å²) >= 11 is 0. The van der Waals surface area contributed by atoms with Crippen molar-refractivity contribution in [1.82, 2.24) is 0 Å². The van der Waals surface area contributed by atoms with E-state index in [0.29, 0.717) is 12.2 Å². The highest BCUT2D eigenvalue weighted by Gasteiger charge is 2.34. The van der Waals surface area contributed by atoms with Crippen LogP contribution in [0.1, 0.15) is 177 Å². The lowest BCUT2D eigenvalue weighted by molar-refractivity contribution is -0.148. The van der Waals surface area contributed by atoms with E-state index in [1.807, 2.05) is 51.1 Å². The zero-order valence-electron chi connectivity index (χ0n) is 38.3. The number of rotatable bonds is 23. The maximum atomic E-state index is 12.9. The number of aryl methyl sites for hydroxylation is 2. The van der Waals surface area contributed by atoms with Gasteiger partial charge in [-0.25, -0.2) is 0 Å². The molecule has 0 saturated heterocycles. The predicted molar refractivity (Wildman–Crippen MR) is 240 cm³/mol. The lowest BCUT2D eigenvalue weighted by Gasteiger charge is -2.37. The van der Waals surface area contributed by atoms with Crippen LogP contribution in [0.2, 0.25) is 0 Å². The molecule has 3 rings (SSSR count). The van der Waals surface area contributed by atoms with E-state index in [9.17, 15) is 14.4 Å². The van der Waals surface area contributed by atoms with Crippen LogP contribution >= 0.6 is 0 Å². The Kier molecular flexibility index (Phi) is 20.0. The Morgan fingerprint density at radius 1 is 0.828 bits per heavy atom. The molecular formula is C52H78O6. The summed E-state index contributed by atoms with van der Waals surface area (Å²) in [6.07, 6.45) is 27.8. The third kappa shape index (κ3) is 16.9. The smallest absolute Gasteiger partial charge is 0.311 e. The fraction of sp³-hybridized carbons (Fsp3) is 0.635. The molecule has 322 valence electrons. The summed E-state index contributed by atoms with van der Waals surface area (Å²) in [4.78, 5) is 36.5. The summed E-state index contributed by atoms with van der Waals surface area (Å²) in [7, 11) is 0. The van der Waals surface area contributed by atoms with Crippen LogP contribution in [0.4, 0.5) is 0 Å².